The third-order valence-electron chi connectivity index (χ3n) is 4.07. The first-order chi connectivity index (χ1) is 11.2. The Morgan fingerprint density at radius 2 is 1.96 bits per heavy atom. The molecule has 2 aromatic carbocycles. The second-order valence-electron chi connectivity index (χ2n) is 5.59. The van der Waals surface area contributed by atoms with Crippen LogP contribution in [0.15, 0.2) is 53.3 Å². The average molecular weight is 344 g/mol. The van der Waals surface area contributed by atoms with Gasteiger partial charge < -0.3 is 4.74 Å². The van der Waals surface area contributed by atoms with Gasteiger partial charge in [0.25, 0.3) is 5.56 Å². The number of fused-ring (bicyclic) bond motifs is 1. The zero-order chi connectivity index (χ0) is 15.8. The Labute approximate surface area is 142 Å². The third-order valence-corrected chi connectivity index (χ3v) is 5.18. The Kier molecular flexibility index (Phi) is 3.71. The van der Waals surface area contributed by atoms with Crippen LogP contribution in [-0.2, 0) is 6.42 Å². The number of hydrogen-bond donors (Lipinski definition) is 1. The lowest BCUT2D eigenvalue weighted by Crippen LogP contribution is -2.03. The van der Waals surface area contributed by atoms with Crippen LogP contribution in [0.3, 0.4) is 0 Å². The molecule has 1 atom stereocenters. The molecule has 0 bridgehead atoms. The van der Waals surface area contributed by atoms with Gasteiger partial charge in [-0.2, -0.15) is 0 Å². The SMILES string of the molecule is O=c1cc(-c2ccc(OC3CCc4cc(Cl)ccc43)cc2)s[nH]1. The molecular weight excluding hydrogens is 330 g/mol. The topological polar surface area (TPSA) is 42.1 Å². The van der Waals surface area contributed by atoms with Crippen LogP contribution in [0.25, 0.3) is 10.4 Å². The van der Waals surface area contributed by atoms with E-state index in [0.717, 1.165) is 34.1 Å². The molecule has 0 saturated carbocycles. The molecule has 0 saturated heterocycles. The molecule has 0 spiro atoms. The van der Waals surface area contributed by atoms with Crippen molar-refractivity contribution >= 4 is 23.1 Å². The van der Waals surface area contributed by atoms with Crippen LogP contribution >= 0.6 is 23.1 Å². The van der Waals surface area contributed by atoms with Gasteiger partial charge >= 0.3 is 0 Å². The van der Waals surface area contributed by atoms with Gasteiger partial charge in [0.05, 0.1) is 4.88 Å². The highest BCUT2D eigenvalue weighted by molar-refractivity contribution is 7.09. The van der Waals surface area contributed by atoms with Crippen LogP contribution in [0.1, 0.15) is 23.7 Å². The summed E-state index contributed by atoms with van der Waals surface area (Å²) in [6.07, 6.45) is 2.05. The molecule has 0 aliphatic heterocycles. The molecule has 5 heteroatoms. The first-order valence-corrected chi connectivity index (χ1v) is 8.62. The van der Waals surface area contributed by atoms with E-state index in [0.29, 0.717) is 0 Å². The van der Waals surface area contributed by atoms with Crippen molar-refractivity contribution in [1.82, 2.24) is 4.37 Å². The first-order valence-electron chi connectivity index (χ1n) is 7.43. The summed E-state index contributed by atoms with van der Waals surface area (Å²) in [7, 11) is 0. The van der Waals surface area contributed by atoms with E-state index in [2.05, 4.69) is 10.4 Å². The van der Waals surface area contributed by atoms with Gasteiger partial charge in [-0.15, -0.1) is 0 Å². The van der Waals surface area contributed by atoms with E-state index in [-0.39, 0.29) is 11.7 Å². The van der Waals surface area contributed by atoms with Crippen molar-refractivity contribution in [2.24, 2.45) is 0 Å². The summed E-state index contributed by atoms with van der Waals surface area (Å²) in [5.41, 5.74) is 3.45. The number of benzene rings is 2. The molecule has 1 aliphatic rings. The average Bonchev–Trinajstić information content (AvgIpc) is 3.15. The molecule has 0 amide bonds. The zero-order valence-corrected chi connectivity index (χ0v) is 13.8. The summed E-state index contributed by atoms with van der Waals surface area (Å²) in [5.74, 6) is 0.837. The molecule has 1 aromatic heterocycles. The van der Waals surface area contributed by atoms with Crippen LogP contribution in [0.5, 0.6) is 5.75 Å². The summed E-state index contributed by atoms with van der Waals surface area (Å²) >= 11 is 7.39. The minimum absolute atomic E-state index is 0.0634. The number of aryl methyl sites for hydroxylation is 1. The lowest BCUT2D eigenvalue weighted by Gasteiger charge is -2.15. The van der Waals surface area contributed by atoms with Crippen molar-refractivity contribution in [2.45, 2.75) is 18.9 Å². The largest absolute Gasteiger partial charge is 0.486 e. The molecule has 1 heterocycles. The third kappa shape index (κ3) is 2.92. The fourth-order valence-electron chi connectivity index (χ4n) is 2.96. The minimum atomic E-state index is -0.0634. The van der Waals surface area contributed by atoms with E-state index in [1.165, 1.54) is 22.7 Å². The van der Waals surface area contributed by atoms with Gasteiger partial charge in [0.1, 0.15) is 11.9 Å². The van der Waals surface area contributed by atoms with Gasteiger partial charge in [-0.25, -0.2) is 0 Å². The number of nitrogens with one attached hydrogen (secondary N) is 1. The van der Waals surface area contributed by atoms with Crippen molar-refractivity contribution in [3.8, 4) is 16.2 Å². The van der Waals surface area contributed by atoms with Crippen LogP contribution in [0.2, 0.25) is 5.02 Å². The highest BCUT2D eigenvalue weighted by Gasteiger charge is 2.24. The molecule has 3 nitrogen and oxygen atoms in total. The predicted octanol–water partition coefficient (Wildman–Crippen LogP) is 4.82. The highest BCUT2D eigenvalue weighted by Crippen LogP contribution is 2.36. The maximum absolute atomic E-state index is 11.2. The lowest BCUT2D eigenvalue weighted by molar-refractivity contribution is 0.207. The molecule has 1 unspecified atom stereocenters. The first kappa shape index (κ1) is 14.5. The molecule has 1 aliphatic carbocycles. The summed E-state index contributed by atoms with van der Waals surface area (Å²) < 4.78 is 8.83. The summed E-state index contributed by atoms with van der Waals surface area (Å²) in [6.45, 7) is 0. The number of rotatable bonds is 3. The van der Waals surface area contributed by atoms with E-state index in [1.54, 1.807) is 6.07 Å². The van der Waals surface area contributed by atoms with E-state index in [1.807, 2.05) is 36.4 Å². The normalized spacial score (nSPS) is 16.3. The Bertz CT molecular complexity index is 898. The minimum Gasteiger partial charge on any atom is -0.486 e. The van der Waals surface area contributed by atoms with E-state index >= 15 is 0 Å². The molecule has 1 N–H and O–H groups in total. The smallest absolute Gasteiger partial charge is 0.258 e. The molecule has 0 radical (unpaired) electrons. The van der Waals surface area contributed by atoms with E-state index in [4.69, 9.17) is 16.3 Å². The summed E-state index contributed by atoms with van der Waals surface area (Å²) in [4.78, 5) is 12.2. The Balaban J connectivity index is 1.53. The Morgan fingerprint density at radius 3 is 2.70 bits per heavy atom. The van der Waals surface area contributed by atoms with Crippen LogP contribution in [0.4, 0.5) is 0 Å². The van der Waals surface area contributed by atoms with Gasteiger partial charge in [0.2, 0.25) is 0 Å². The van der Waals surface area contributed by atoms with Crippen molar-refractivity contribution in [1.29, 1.82) is 0 Å². The van der Waals surface area contributed by atoms with E-state index < -0.39 is 0 Å². The fraction of sp³-hybridized carbons (Fsp3) is 0.167. The molecule has 3 aromatic rings. The maximum Gasteiger partial charge on any atom is 0.258 e. The van der Waals surface area contributed by atoms with Gasteiger partial charge in [0, 0.05) is 11.1 Å². The van der Waals surface area contributed by atoms with Gasteiger partial charge in [-0.3, -0.25) is 9.17 Å². The quantitative estimate of drug-likeness (QED) is 0.740. The van der Waals surface area contributed by atoms with Crippen molar-refractivity contribution in [3.63, 3.8) is 0 Å². The Morgan fingerprint density at radius 1 is 1.13 bits per heavy atom. The number of halogens is 1. The lowest BCUT2D eigenvalue weighted by atomic mass is 10.1. The number of ether oxygens (including phenoxy) is 1. The Hall–Kier alpha value is -2.04. The number of H-pyrrole nitrogens is 1. The maximum atomic E-state index is 11.2. The molecule has 0 fully saturated rings. The van der Waals surface area contributed by atoms with E-state index in [9.17, 15) is 4.79 Å². The van der Waals surface area contributed by atoms with Gasteiger partial charge in [-0.05, 0) is 65.9 Å². The predicted molar refractivity (Wildman–Crippen MR) is 93.5 cm³/mol. The van der Waals surface area contributed by atoms with Gasteiger partial charge in [-0.1, -0.05) is 29.2 Å². The van der Waals surface area contributed by atoms with Crippen LogP contribution in [-0.4, -0.2) is 4.37 Å². The summed E-state index contributed by atoms with van der Waals surface area (Å²) in [6, 6.07) is 15.5. The zero-order valence-electron chi connectivity index (χ0n) is 12.2. The molecular formula is C18H14ClNO2S. The van der Waals surface area contributed by atoms with Crippen molar-refractivity contribution in [2.75, 3.05) is 0 Å². The van der Waals surface area contributed by atoms with Crippen LogP contribution < -0.4 is 10.3 Å². The number of hydrogen-bond acceptors (Lipinski definition) is 3. The fourth-order valence-corrected chi connectivity index (χ4v) is 3.84. The van der Waals surface area contributed by atoms with Crippen molar-refractivity contribution in [3.05, 3.63) is 75.0 Å². The second kappa shape index (κ2) is 5.87. The number of aromatic amines is 1. The molecule has 116 valence electrons. The molecule has 23 heavy (non-hydrogen) atoms. The molecule has 4 rings (SSSR count). The monoisotopic (exact) mass is 343 g/mol. The highest BCUT2D eigenvalue weighted by atomic mass is 35.5. The standard InChI is InChI=1S/C18H14ClNO2S/c19-13-4-7-15-12(9-13)3-8-16(15)22-14-5-1-11(2-6-14)17-10-18(21)20-23-17/h1-2,4-7,9-10,16H,3,8H2,(H,20,21). The van der Waals surface area contributed by atoms with Gasteiger partial charge in [0.15, 0.2) is 0 Å². The second-order valence-corrected chi connectivity index (χ2v) is 6.87. The van der Waals surface area contributed by atoms with Crippen LogP contribution in [0, 0.1) is 0 Å². The van der Waals surface area contributed by atoms with Crippen molar-refractivity contribution < 1.29 is 4.74 Å². The number of aromatic nitrogens is 1. The summed E-state index contributed by atoms with van der Waals surface area (Å²) in [5, 5.41) is 0.777.